The lowest BCUT2D eigenvalue weighted by molar-refractivity contribution is -0.139. The number of nitrogens with two attached hydrogens (primary N) is 1. The molecule has 0 radical (unpaired) electrons. The van der Waals surface area contributed by atoms with Crippen LogP contribution in [0.4, 0.5) is 37.7 Å². The van der Waals surface area contributed by atoms with Crippen molar-refractivity contribution in [1.29, 1.82) is 0 Å². The van der Waals surface area contributed by atoms with Gasteiger partial charge in [-0.2, -0.15) is 26.3 Å². The smallest absolute Gasteiger partial charge is 0.396 e. The summed E-state index contributed by atoms with van der Waals surface area (Å²) >= 11 is 17.5. The zero-order chi connectivity index (χ0) is 37.5. The second-order valence-corrected chi connectivity index (χ2v) is 16.0. The van der Waals surface area contributed by atoms with Crippen LogP contribution in [-0.4, -0.2) is 26.8 Å². The Balaban J connectivity index is 0.000000285. The topological polar surface area (TPSA) is 132 Å². The van der Waals surface area contributed by atoms with E-state index in [1.807, 2.05) is 0 Å². The van der Waals surface area contributed by atoms with Crippen LogP contribution in [0.3, 0.4) is 0 Å². The van der Waals surface area contributed by atoms with Crippen LogP contribution in [0.2, 0.25) is 10.0 Å². The zero-order valence-electron chi connectivity index (χ0n) is 24.8. The van der Waals surface area contributed by atoms with Gasteiger partial charge in [0.15, 0.2) is 0 Å². The van der Waals surface area contributed by atoms with E-state index in [0.717, 1.165) is 24.3 Å². The second kappa shape index (κ2) is 17.2. The molecule has 0 unspecified atom stereocenters. The summed E-state index contributed by atoms with van der Waals surface area (Å²) in [5.41, 5.74) is 4.13. The molecule has 0 atom stereocenters. The lowest BCUT2D eigenvalue weighted by atomic mass is 10.1. The summed E-state index contributed by atoms with van der Waals surface area (Å²) in [6.45, 7) is 3.12. The first-order valence-electron chi connectivity index (χ1n) is 13.2. The number of hydrogen-bond donors (Lipinski definition) is 2. The molecule has 21 heteroatoms. The van der Waals surface area contributed by atoms with Crippen LogP contribution in [0.5, 0.6) is 0 Å². The van der Waals surface area contributed by atoms with Gasteiger partial charge in [-0.25, -0.2) is 26.8 Å². The number of nitrogens with one attached hydrogen (secondary N) is 1. The molecular weight excluding hydrogens is 901 g/mol. The number of rotatable bonds is 6. The van der Waals surface area contributed by atoms with E-state index in [1.165, 1.54) is 18.5 Å². The Kier molecular flexibility index (Phi) is 15.1. The van der Waals surface area contributed by atoms with E-state index in [4.69, 9.17) is 39.6 Å². The monoisotopic (exact) mass is 920 g/mol. The Bertz CT molecular complexity index is 2020. The molecule has 0 aliphatic carbocycles. The Labute approximate surface area is 309 Å². The minimum absolute atomic E-state index is 0.0204. The normalized spacial score (nSPS) is 11.9. The number of hydrogen-bond acceptors (Lipinski definition) is 7. The molecule has 4 rings (SSSR count). The Morgan fingerprint density at radius 2 is 1.16 bits per heavy atom. The standard InChI is InChI=1S/C14H11BrClF3N2O2S.C9H8ClF3O2S.C5H4BrClN2/c1-2-8-3-4-10(6-11(8)14(17,18)19)24(22,23)21-12-5-9(16)7-20-13(12)15;1-2-6-3-4-7(16(10,14)15)5-8(6)9(11,12)13;6-5-4(8)1-3(7)2-9-5/h3-7,21H,2H2,1H3;3-5H,2H2,1H3;1-2H,8H2. The van der Waals surface area contributed by atoms with Gasteiger partial charge in [-0.3, -0.25) is 4.72 Å². The number of benzene rings is 2. The predicted molar refractivity (Wildman–Crippen MR) is 184 cm³/mol. The van der Waals surface area contributed by atoms with Crippen LogP contribution >= 0.6 is 65.7 Å². The van der Waals surface area contributed by atoms with Gasteiger partial charge in [0.05, 0.1) is 42.3 Å². The molecule has 0 aliphatic heterocycles. The zero-order valence-corrected chi connectivity index (χ0v) is 31.8. The first-order chi connectivity index (χ1) is 22.4. The number of nitrogens with zero attached hydrogens (tertiary/aromatic N) is 2. The third-order valence-electron chi connectivity index (χ3n) is 6.01. The molecule has 8 nitrogen and oxygen atoms in total. The Hall–Kier alpha value is -2.35. The molecule has 2 aromatic carbocycles. The average Bonchev–Trinajstić information content (AvgIpc) is 2.99. The minimum atomic E-state index is -4.64. The van der Waals surface area contributed by atoms with Gasteiger partial charge in [0.2, 0.25) is 0 Å². The van der Waals surface area contributed by atoms with Crippen molar-refractivity contribution in [2.45, 2.75) is 48.8 Å². The number of anilines is 2. The van der Waals surface area contributed by atoms with E-state index in [0.29, 0.717) is 27.4 Å². The van der Waals surface area contributed by atoms with Gasteiger partial charge in [0, 0.05) is 23.1 Å². The number of halogens is 11. The summed E-state index contributed by atoms with van der Waals surface area (Å²) in [4.78, 5) is 6.61. The average molecular weight is 924 g/mol. The molecule has 2 aromatic heterocycles. The molecule has 0 saturated heterocycles. The van der Waals surface area contributed by atoms with Crippen molar-refractivity contribution < 1.29 is 43.2 Å². The van der Waals surface area contributed by atoms with Crippen LogP contribution < -0.4 is 10.5 Å². The third-order valence-corrected chi connectivity index (χ3v) is 10.4. The summed E-state index contributed by atoms with van der Waals surface area (Å²) < 4.78 is 127. The van der Waals surface area contributed by atoms with E-state index in [9.17, 15) is 43.2 Å². The number of alkyl halides is 6. The highest BCUT2D eigenvalue weighted by atomic mass is 79.9. The predicted octanol–water partition coefficient (Wildman–Crippen LogP) is 10.2. The third kappa shape index (κ3) is 12.7. The van der Waals surface area contributed by atoms with Crippen molar-refractivity contribution in [1.82, 2.24) is 9.97 Å². The molecule has 2 heterocycles. The highest BCUT2D eigenvalue weighted by Gasteiger charge is 2.35. The molecule has 0 amide bonds. The fourth-order valence-electron chi connectivity index (χ4n) is 3.71. The molecule has 0 saturated carbocycles. The molecule has 0 spiro atoms. The SMILES string of the molecule is CCc1ccc(S(=O)(=O)Cl)cc1C(F)(F)F.CCc1ccc(S(=O)(=O)Nc2cc(Cl)cnc2Br)cc1C(F)(F)F.Nc1cc(Cl)cnc1Br. The maximum Gasteiger partial charge on any atom is 0.416 e. The first kappa shape index (κ1) is 42.8. The van der Waals surface area contributed by atoms with Gasteiger partial charge in [-0.1, -0.05) is 49.2 Å². The molecule has 4 aromatic rings. The van der Waals surface area contributed by atoms with Gasteiger partial charge >= 0.3 is 12.4 Å². The fraction of sp³-hybridized carbons (Fsp3) is 0.214. The van der Waals surface area contributed by atoms with Crippen LogP contribution in [0.15, 0.2) is 79.9 Å². The number of aryl methyl sites for hydroxylation is 2. The summed E-state index contributed by atoms with van der Waals surface area (Å²) in [5.74, 6) is 0. The van der Waals surface area contributed by atoms with E-state index >= 15 is 0 Å². The van der Waals surface area contributed by atoms with Gasteiger partial charge < -0.3 is 5.73 Å². The van der Waals surface area contributed by atoms with E-state index in [-0.39, 0.29) is 39.3 Å². The summed E-state index contributed by atoms with van der Waals surface area (Å²) in [7, 11) is -3.40. The van der Waals surface area contributed by atoms with E-state index < -0.39 is 52.3 Å². The van der Waals surface area contributed by atoms with Crippen molar-refractivity contribution in [2.24, 2.45) is 0 Å². The maximum absolute atomic E-state index is 13.1. The van der Waals surface area contributed by atoms with Crippen LogP contribution in [0.25, 0.3) is 0 Å². The lowest BCUT2D eigenvalue weighted by Crippen LogP contribution is -2.16. The number of nitrogen functional groups attached to an aromatic ring is 1. The summed E-state index contributed by atoms with van der Waals surface area (Å²) in [6, 6.07) is 8.58. The Morgan fingerprint density at radius 3 is 1.57 bits per heavy atom. The summed E-state index contributed by atoms with van der Waals surface area (Å²) in [5, 5.41) is 0.726. The van der Waals surface area contributed by atoms with E-state index in [1.54, 1.807) is 19.9 Å². The molecule has 268 valence electrons. The highest BCUT2D eigenvalue weighted by Crippen LogP contribution is 2.36. The van der Waals surface area contributed by atoms with Gasteiger partial charge in [0.1, 0.15) is 9.21 Å². The van der Waals surface area contributed by atoms with Crippen molar-refractivity contribution in [3.8, 4) is 0 Å². The molecule has 0 bridgehead atoms. The number of pyridine rings is 2. The number of sulfonamides is 1. The molecule has 0 aliphatic rings. The largest absolute Gasteiger partial charge is 0.416 e. The van der Waals surface area contributed by atoms with Gasteiger partial charge in [-0.05, 0) is 92.2 Å². The van der Waals surface area contributed by atoms with Gasteiger partial charge in [-0.15, -0.1) is 0 Å². The minimum Gasteiger partial charge on any atom is -0.396 e. The lowest BCUT2D eigenvalue weighted by Gasteiger charge is -2.15. The van der Waals surface area contributed by atoms with Crippen molar-refractivity contribution in [3.63, 3.8) is 0 Å². The molecule has 49 heavy (non-hydrogen) atoms. The van der Waals surface area contributed by atoms with Crippen LogP contribution in [0, 0.1) is 0 Å². The maximum atomic E-state index is 13.1. The van der Waals surface area contributed by atoms with Crippen LogP contribution in [0.1, 0.15) is 36.1 Å². The van der Waals surface area contributed by atoms with Crippen molar-refractivity contribution >= 4 is 96.2 Å². The van der Waals surface area contributed by atoms with E-state index in [2.05, 4.69) is 46.5 Å². The van der Waals surface area contributed by atoms with Crippen molar-refractivity contribution in [2.75, 3.05) is 10.5 Å². The molecule has 3 N–H and O–H groups in total. The quantitative estimate of drug-likeness (QED) is 0.112. The highest BCUT2D eigenvalue weighted by molar-refractivity contribution is 9.10. The second-order valence-electron chi connectivity index (χ2n) is 9.41. The number of aromatic nitrogens is 2. The van der Waals surface area contributed by atoms with Crippen LogP contribution in [-0.2, 0) is 44.3 Å². The molecule has 0 fully saturated rings. The summed E-state index contributed by atoms with van der Waals surface area (Å²) in [6.07, 6.45) is -6.11. The van der Waals surface area contributed by atoms with Crippen molar-refractivity contribution in [3.05, 3.63) is 102 Å². The van der Waals surface area contributed by atoms with Gasteiger partial charge in [0.25, 0.3) is 19.1 Å². The fourth-order valence-corrected chi connectivity index (χ4v) is 6.56. The Morgan fingerprint density at radius 1 is 0.735 bits per heavy atom. The first-order valence-corrected chi connectivity index (χ1v) is 19.3. The molecular formula is C28H23Br2Cl3F6N4O4S2.